The quantitative estimate of drug-likeness (QED) is 0.325. The van der Waals surface area contributed by atoms with E-state index in [0.717, 1.165) is 35.9 Å². The van der Waals surface area contributed by atoms with Crippen molar-refractivity contribution in [3.63, 3.8) is 0 Å². The molecule has 1 aromatic carbocycles. The minimum atomic E-state index is -3.73. The van der Waals surface area contributed by atoms with Gasteiger partial charge in [-0.3, -0.25) is 14.9 Å². The van der Waals surface area contributed by atoms with E-state index in [9.17, 15) is 13.2 Å². The van der Waals surface area contributed by atoms with Crippen LogP contribution in [-0.2, 0) is 9.84 Å². The number of benzene rings is 1. The third-order valence-corrected chi connectivity index (χ3v) is 9.44. The van der Waals surface area contributed by atoms with Crippen LogP contribution in [0.25, 0.3) is 28.0 Å². The third-order valence-electron chi connectivity index (χ3n) is 8.28. The van der Waals surface area contributed by atoms with Gasteiger partial charge in [-0.15, -0.1) is 0 Å². The Kier molecular flexibility index (Phi) is 5.89. The molecule has 3 atom stereocenters. The van der Waals surface area contributed by atoms with Crippen molar-refractivity contribution >= 4 is 27.2 Å². The number of rotatable bonds is 5. The SMILES string of the molecule is CS(=O)(=O)c1c([C@@H]2C[C@H]3CC[C@@H](C2)N3C(=O)c2cn[nH]c2)nc2c(-c3ccc(-c4ccccc4)nc3)cnn2c1N. The Hall–Kier alpha value is -4.58. The average molecular weight is 569 g/mol. The van der Waals surface area contributed by atoms with Gasteiger partial charge in [-0.1, -0.05) is 36.4 Å². The normalized spacial score (nSPS) is 20.5. The zero-order valence-corrected chi connectivity index (χ0v) is 23.1. The molecule has 2 fully saturated rings. The Morgan fingerprint density at radius 2 is 1.76 bits per heavy atom. The van der Waals surface area contributed by atoms with E-state index in [1.54, 1.807) is 18.6 Å². The van der Waals surface area contributed by atoms with E-state index in [2.05, 4.69) is 20.3 Å². The number of hydrogen-bond donors (Lipinski definition) is 2. The van der Waals surface area contributed by atoms with Gasteiger partial charge in [-0.25, -0.2) is 13.4 Å². The van der Waals surface area contributed by atoms with Gasteiger partial charge in [0.2, 0.25) is 0 Å². The summed E-state index contributed by atoms with van der Waals surface area (Å²) in [6.07, 6.45) is 10.6. The number of nitrogens with zero attached hydrogens (tertiary/aromatic N) is 6. The number of pyridine rings is 1. The molecule has 3 N–H and O–H groups in total. The summed E-state index contributed by atoms with van der Waals surface area (Å²) in [5.74, 6) is -0.198. The van der Waals surface area contributed by atoms with Gasteiger partial charge in [0.25, 0.3) is 5.91 Å². The molecule has 11 nitrogen and oxygen atoms in total. The maximum atomic E-state index is 13.2. The molecule has 2 aliphatic rings. The second-order valence-electron chi connectivity index (χ2n) is 10.8. The standard InChI is InChI=1S/C29H28N8O3S/c1-41(39,40)26-25(19-11-21-8-9-22(12-19)36(21)29(38)20-14-32-33-15-20)35-28-23(16-34-37(28)27(26)30)18-7-10-24(31-13-18)17-5-3-2-4-6-17/h2-7,10,13-16,19,21-22H,8-9,11-12,30H2,1H3,(H,32,33)/t19-,21-,22+. The molecule has 0 aliphatic carbocycles. The lowest BCUT2D eigenvalue weighted by atomic mass is 9.87. The maximum Gasteiger partial charge on any atom is 0.257 e. The Labute approximate surface area is 236 Å². The summed E-state index contributed by atoms with van der Waals surface area (Å²) in [6.45, 7) is 0. The van der Waals surface area contributed by atoms with Gasteiger partial charge < -0.3 is 10.6 Å². The molecule has 0 spiro atoms. The van der Waals surface area contributed by atoms with Gasteiger partial charge in [-0.05, 0) is 31.7 Å². The van der Waals surface area contributed by atoms with E-state index in [1.807, 2.05) is 47.4 Å². The fourth-order valence-electron chi connectivity index (χ4n) is 6.46. The summed E-state index contributed by atoms with van der Waals surface area (Å²) in [5.41, 5.74) is 11.3. The highest BCUT2D eigenvalue weighted by atomic mass is 32.2. The molecule has 4 aromatic heterocycles. The number of carbonyl (C=O) groups excluding carboxylic acids is 1. The number of nitrogens with two attached hydrogens (primary N) is 1. The molecule has 0 radical (unpaired) electrons. The number of H-pyrrole nitrogens is 1. The van der Waals surface area contributed by atoms with Crippen molar-refractivity contribution in [3.05, 3.63) is 78.5 Å². The van der Waals surface area contributed by atoms with Gasteiger partial charge >= 0.3 is 0 Å². The van der Waals surface area contributed by atoms with Crippen molar-refractivity contribution < 1.29 is 13.2 Å². The van der Waals surface area contributed by atoms with Crippen LogP contribution in [-0.4, -0.2) is 67.3 Å². The molecule has 41 heavy (non-hydrogen) atoms. The van der Waals surface area contributed by atoms with Crippen LogP contribution in [0, 0.1) is 0 Å². The Bertz CT molecular complexity index is 1850. The Balaban J connectivity index is 1.29. The third kappa shape index (κ3) is 4.26. The molecule has 208 valence electrons. The molecule has 7 rings (SSSR count). The van der Waals surface area contributed by atoms with Gasteiger partial charge in [0, 0.05) is 53.3 Å². The topological polar surface area (TPSA) is 152 Å². The molecule has 6 heterocycles. The summed E-state index contributed by atoms with van der Waals surface area (Å²) in [5, 5.41) is 11.0. The van der Waals surface area contributed by atoms with Crippen molar-refractivity contribution in [1.29, 1.82) is 0 Å². The van der Waals surface area contributed by atoms with Crippen LogP contribution in [0.2, 0.25) is 0 Å². The lowest BCUT2D eigenvalue weighted by Crippen LogP contribution is -2.46. The van der Waals surface area contributed by atoms with Crippen molar-refractivity contribution in [3.8, 4) is 22.4 Å². The van der Waals surface area contributed by atoms with Crippen molar-refractivity contribution in [2.24, 2.45) is 0 Å². The van der Waals surface area contributed by atoms with E-state index in [-0.39, 0.29) is 34.6 Å². The van der Waals surface area contributed by atoms with Crippen molar-refractivity contribution in [1.82, 2.24) is 34.7 Å². The number of nitrogens with one attached hydrogen (secondary N) is 1. The van der Waals surface area contributed by atoms with E-state index in [4.69, 9.17) is 10.7 Å². The van der Waals surface area contributed by atoms with Crippen LogP contribution < -0.4 is 5.73 Å². The van der Waals surface area contributed by atoms with E-state index in [1.165, 1.54) is 10.7 Å². The van der Waals surface area contributed by atoms with Gasteiger partial charge in [-0.2, -0.15) is 14.7 Å². The lowest BCUT2D eigenvalue weighted by molar-refractivity contribution is 0.0568. The van der Waals surface area contributed by atoms with Gasteiger partial charge in [0.15, 0.2) is 15.5 Å². The smallest absolute Gasteiger partial charge is 0.257 e. The summed E-state index contributed by atoms with van der Waals surface area (Å²) < 4.78 is 27.5. The minimum Gasteiger partial charge on any atom is -0.382 e. The fourth-order valence-corrected chi connectivity index (χ4v) is 7.52. The van der Waals surface area contributed by atoms with Gasteiger partial charge in [0.1, 0.15) is 10.7 Å². The molecule has 1 amide bonds. The molecule has 2 bridgehead atoms. The van der Waals surface area contributed by atoms with Crippen LogP contribution in [0.1, 0.15) is 47.7 Å². The second-order valence-corrected chi connectivity index (χ2v) is 12.8. The van der Waals surface area contributed by atoms with Crippen LogP contribution in [0.5, 0.6) is 0 Å². The first-order valence-electron chi connectivity index (χ1n) is 13.5. The summed E-state index contributed by atoms with van der Waals surface area (Å²) in [7, 11) is -3.73. The van der Waals surface area contributed by atoms with Crippen LogP contribution in [0.15, 0.2) is 72.1 Å². The van der Waals surface area contributed by atoms with E-state index >= 15 is 0 Å². The molecular weight excluding hydrogens is 540 g/mol. The summed E-state index contributed by atoms with van der Waals surface area (Å²) in [6, 6.07) is 13.7. The molecule has 5 aromatic rings. The van der Waals surface area contributed by atoms with Gasteiger partial charge in [0.05, 0.1) is 29.3 Å². The zero-order chi connectivity index (χ0) is 28.3. The number of amides is 1. The van der Waals surface area contributed by atoms with Crippen molar-refractivity contribution in [2.45, 2.75) is 48.6 Å². The zero-order valence-electron chi connectivity index (χ0n) is 22.3. The average Bonchev–Trinajstić information content (AvgIpc) is 3.71. The molecular formula is C29H28N8O3S. The second kappa shape index (κ2) is 9.51. The fraction of sp³-hybridized carbons (Fsp3) is 0.276. The monoisotopic (exact) mass is 568 g/mol. The predicted octanol–water partition coefficient (Wildman–Crippen LogP) is 3.72. The number of anilines is 1. The number of aromatic amines is 1. The molecule has 12 heteroatoms. The maximum absolute atomic E-state index is 13.2. The van der Waals surface area contributed by atoms with Crippen LogP contribution in [0.3, 0.4) is 0 Å². The molecule has 0 saturated carbocycles. The molecule has 0 unspecified atom stereocenters. The Morgan fingerprint density at radius 3 is 2.39 bits per heavy atom. The van der Waals surface area contributed by atoms with E-state index < -0.39 is 9.84 Å². The molecule has 2 aliphatic heterocycles. The number of piperidine rings is 1. The number of sulfone groups is 1. The van der Waals surface area contributed by atoms with Crippen LogP contribution in [0.4, 0.5) is 5.82 Å². The number of carbonyl (C=O) groups is 1. The minimum absolute atomic E-state index is 0.0104. The first-order chi connectivity index (χ1) is 19.8. The highest BCUT2D eigenvalue weighted by Gasteiger charge is 2.45. The highest BCUT2D eigenvalue weighted by molar-refractivity contribution is 7.91. The molecule has 2 saturated heterocycles. The number of fused-ring (bicyclic) bond motifs is 3. The first-order valence-corrected chi connectivity index (χ1v) is 15.4. The summed E-state index contributed by atoms with van der Waals surface area (Å²) >= 11 is 0. The Morgan fingerprint density at radius 1 is 1.00 bits per heavy atom. The number of hydrogen-bond acceptors (Lipinski definition) is 8. The largest absolute Gasteiger partial charge is 0.382 e. The lowest BCUT2D eigenvalue weighted by Gasteiger charge is -2.39. The number of nitrogen functional groups attached to an aromatic ring is 1. The summed E-state index contributed by atoms with van der Waals surface area (Å²) in [4.78, 5) is 24.8. The van der Waals surface area contributed by atoms with E-state index in [0.29, 0.717) is 35.3 Å². The predicted molar refractivity (Wildman–Crippen MR) is 153 cm³/mol. The number of aromatic nitrogens is 6. The first kappa shape index (κ1) is 25.4. The van der Waals surface area contributed by atoms with Crippen molar-refractivity contribution in [2.75, 3.05) is 12.0 Å². The van der Waals surface area contributed by atoms with Crippen LogP contribution >= 0.6 is 0 Å². The highest BCUT2D eigenvalue weighted by Crippen LogP contribution is 2.45.